The molecule has 1 heterocycles. The van der Waals surface area contributed by atoms with E-state index in [4.69, 9.17) is 14.3 Å². The molecule has 1 aromatic carbocycles. The minimum absolute atomic E-state index is 0.170. The van der Waals surface area contributed by atoms with Gasteiger partial charge in [0.15, 0.2) is 18.1 Å². The van der Waals surface area contributed by atoms with Crippen molar-refractivity contribution in [3.05, 3.63) is 40.6 Å². The molecule has 0 saturated heterocycles. The minimum Gasteiger partial charge on any atom is -0.493 e. The number of nitrogens with one attached hydrogen (secondary N) is 1. The molecule has 0 radical (unpaired) electrons. The Labute approximate surface area is 132 Å². The van der Waals surface area contributed by atoms with E-state index in [2.05, 4.69) is 10.5 Å². The molecule has 1 N–H and O–H groups in total. The highest BCUT2D eigenvalue weighted by Gasteiger charge is 2.07. The van der Waals surface area contributed by atoms with Gasteiger partial charge in [-0.1, -0.05) is 11.2 Å². The van der Waals surface area contributed by atoms with Crippen LogP contribution < -0.4 is 14.8 Å². The van der Waals surface area contributed by atoms with Crippen LogP contribution >= 0.6 is 11.3 Å². The predicted octanol–water partition coefficient (Wildman–Crippen LogP) is 2.75. The Morgan fingerprint density at radius 2 is 2.09 bits per heavy atom. The summed E-state index contributed by atoms with van der Waals surface area (Å²) in [7, 11) is 3.08. The number of hydrogen-bond donors (Lipinski definition) is 1. The molecule has 0 fully saturated rings. The molecule has 0 aliphatic rings. The molecule has 116 valence electrons. The maximum absolute atomic E-state index is 11.7. The van der Waals surface area contributed by atoms with Crippen LogP contribution in [-0.2, 0) is 9.63 Å². The number of ether oxygens (including phenoxy) is 2. The van der Waals surface area contributed by atoms with E-state index in [0.717, 1.165) is 4.88 Å². The third kappa shape index (κ3) is 4.49. The van der Waals surface area contributed by atoms with Crippen molar-refractivity contribution in [2.24, 2.45) is 5.16 Å². The van der Waals surface area contributed by atoms with E-state index in [-0.39, 0.29) is 12.5 Å². The number of carbonyl (C=O) groups is 1. The number of carbonyl (C=O) groups excluding carboxylic acids is 1. The van der Waals surface area contributed by atoms with Gasteiger partial charge >= 0.3 is 0 Å². The fourth-order valence-electron chi connectivity index (χ4n) is 1.66. The molecule has 2 rings (SSSR count). The molecule has 22 heavy (non-hydrogen) atoms. The fourth-order valence-corrected chi connectivity index (χ4v) is 2.24. The van der Waals surface area contributed by atoms with Crippen molar-refractivity contribution >= 4 is 29.1 Å². The Kier molecular flexibility index (Phi) is 5.79. The highest BCUT2D eigenvalue weighted by Crippen LogP contribution is 2.29. The molecule has 0 spiro atoms. The number of oxime groups is 1. The maximum atomic E-state index is 11.7. The first-order valence-electron chi connectivity index (χ1n) is 6.43. The number of anilines is 1. The smallest absolute Gasteiger partial charge is 0.265 e. The van der Waals surface area contributed by atoms with Crippen LogP contribution in [0.25, 0.3) is 0 Å². The summed E-state index contributed by atoms with van der Waals surface area (Å²) in [6.07, 6.45) is 1.56. The van der Waals surface area contributed by atoms with Gasteiger partial charge in [0.05, 0.1) is 20.4 Å². The first-order chi connectivity index (χ1) is 10.7. The van der Waals surface area contributed by atoms with Crippen molar-refractivity contribution < 1.29 is 19.1 Å². The SMILES string of the molecule is COc1ccc(NC(=O)CO/N=C\c2cccs2)cc1OC. The zero-order valence-corrected chi connectivity index (χ0v) is 13.1. The lowest BCUT2D eigenvalue weighted by molar-refractivity contribution is -0.120. The summed E-state index contributed by atoms with van der Waals surface area (Å²) in [5.74, 6) is 0.824. The summed E-state index contributed by atoms with van der Waals surface area (Å²) in [6.45, 7) is -0.170. The number of nitrogens with zero attached hydrogens (tertiary/aromatic N) is 1. The monoisotopic (exact) mass is 320 g/mol. The van der Waals surface area contributed by atoms with Crippen molar-refractivity contribution in [2.45, 2.75) is 0 Å². The molecular weight excluding hydrogens is 304 g/mol. The molecule has 6 nitrogen and oxygen atoms in total. The Hall–Kier alpha value is -2.54. The van der Waals surface area contributed by atoms with Crippen LogP contribution in [0.15, 0.2) is 40.9 Å². The Morgan fingerprint density at radius 3 is 2.77 bits per heavy atom. The van der Waals surface area contributed by atoms with Gasteiger partial charge in [0.2, 0.25) is 0 Å². The van der Waals surface area contributed by atoms with Gasteiger partial charge in [-0.05, 0) is 23.6 Å². The molecule has 1 amide bonds. The van der Waals surface area contributed by atoms with Gasteiger partial charge in [0.25, 0.3) is 5.91 Å². The Balaban J connectivity index is 1.84. The van der Waals surface area contributed by atoms with E-state index in [0.29, 0.717) is 17.2 Å². The second kappa shape index (κ2) is 8.04. The van der Waals surface area contributed by atoms with Crippen LogP contribution in [-0.4, -0.2) is 32.9 Å². The molecule has 1 aromatic heterocycles. The highest BCUT2D eigenvalue weighted by molar-refractivity contribution is 7.11. The van der Waals surface area contributed by atoms with Gasteiger partial charge in [-0.3, -0.25) is 4.79 Å². The molecule has 0 atom stereocenters. The summed E-state index contributed by atoms with van der Waals surface area (Å²) >= 11 is 1.54. The molecule has 0 bridgehead atoms. The molecule has 7 heteroatoms. The lowest BCUT2D eigenvalue weighted by Crippen LogP contribution is -2.17. The largest absolute Gasteiger partial charge is 0.493 e. The topological polar surface area (TPSA) is 69.2 Å². The standard InChI is InChI=1S/C15H16N2O4S/c1-19-13-6-5-11(8-14(13)20-2)17-15(18)10-21-16-9-12-4-3-7-22-12/h3-9H,10H2,1-2H3,(H,17,18)/b16-9-. The first-order valence-corrected chi connectivity index (χ1v) is 7.31. The summed E-state index contributed by atoms with van der Waals surface area (Å²) in [4.78, 5) is 17.7. The second-order valence-corrected chi connectivity index (χ2v) is 5.12. The number of amides is 1. The number of rotatable bonds is 7. The lowest BCUT2D eigenvalue weighted by Gasteiger charge is -2.10. The summed E-state index contributed by atoms with van der Waals surface area (Å²) in [5.41, 5.74) is 0.591. The van der Waals surface area contributed by atoms with Crippen LogP contribution in [0.3, 0.4) is 0 Å². The van der Waals surface area contributed by atoms with Crippen molar-refractivity contribution in [1.82, 2.24) is 0 Å². The van der Waals surface area contributed by atoms with Crippen LogP contribution in [0.2, 0.25) is 0 Å². The number of methoxy groups -OCH3 is 2. The average molecular weight is 320 g/mol. The third-order valence-corrected chi connectivity index (χ3v) is 3.47. The third-order valence-electron chi connectivity index (χ3n) is 2.66. The van der Waals surface area contributed by atoms with E-state index in [1.807, 2.05) is 17.5 Å². The van der Waals surface area contributed by atoms with Crippen LogP contribution in [0.5, 0.6) is 11.5 Å². The lowest BCUT2D eigenvalue weighted by atomic mass is 10.2. The average Bonchev–Trinajstić information content (AvgIpc) is 3.04. The van der Waals surface area contributed by atoms with Gasteiger partial charge in [-0.15, -0.1) is 11.3 Å². The zero-order chi connectivity index (χ0) is 15.8. The van der Waals surface area contributed by atoms with Crippen molar-refractivity contribution in [1.29, 1.82) is 0 Å². The maximum Gasteiger partial charge on any atom is 0.265 e. The Morgan fingerprint density at radius 1 is 1.27 bits per heavy atom. The molecule has 0 aliphatic carbocycles. The van der Waals surface area contributed by atoms with E-state index < -0.39 is 0 Å². The van der Waals surface area contributed by atoms with Gasteiger partial charge in [0.1, 0.15) is 0 Å². The van der Waals surface area contributed by atoms with Crippen molar-refractivity contribution in [2.75, 3.05) is 26.1 Å². The molecule has 0 saturated carbocycles. The zero-order valence-electron chi connectivity index (χ0n) is 12.2. The van der Waals surface area contributed by atoms with Crippen LogP contribution in [0.4, 0.5) is 5.69 Å². The summed E-state index contributed by atoms with van der Waals surface area (Å²) in [5, 5.41) is 8.36. The summed E-state index contributed by atoms with van der Waals surface area (Å²) in [6, 6.07) is 8.92. The van der Waals surface area contributed by atoms with Crippen molar-refractivity contribution in [3.8, 4) is 11.5 Å². The molecule has 0 unspecified atom stereocenters. The van der Waals surface area contributed by atoms with E-state index in [1.54, 1.807) is 31.5 Å². The normalized spacial score (nSPS) is 10.5. The van der Waals surface area contributed by atoms with Crippen molar-refractivity contribution in [3.63, 3.8) is 0 Å². The quantitative estimate of drug-likeness (QED) is 0.629. The first kappa shape index (κ1) is 15.8. The van der Waals surface area contributed by atoms with Gasteiger partial charge in [0, 0.05) is 16.6 Å². The molecule has 0 aliphatic heterocycles. The van der Waals surface area contributed by atoms with Gasteiger partial charge in [-0.25, -0.2) is 0 Å². The van der Waals surface area contributed by atoms with E-state index >= 15 is 0 Å². The minimum atomic E-state index is -0.310. The van der Waals surface area contributed by atoms with Crippen LogP contribution in [0, 0.1) is 0 Å². The number of hydrogen-bond acceptors (Lipinski definition) is 6. The fraction of sp³-hybridized carbons (Fsp3) is 0.200. The number of thiophene rings is 1. The number of benzene rings is 1. The van der Waals surface area contributed by atoms with Crippen LogP contribution in [0.1, 0.15) is 4.88 Å². The molecular formula is C15H16N2O4S. The van der Waals surface area contributed by atoms with E-state index in [9.17, 15) is 4.79 Å². The summed E-state index contributed by atoms with van der Waals surface area (Å²) < 4.78 is 10.3. The Bertz CT molecular complexity index is 641. The van der Waals surface area contributed by atoms with Gasteiger partial charge < -0.3 is 19.6 Å². The molecule has 2 aromatic rings. The highest BCUT2D eigenvalue weighted by atomic mass is 32.1. The van der Waals surface area contributed by atoms with Gasteiger partial charge in [-0.2, -0.15) is 0 Å². The second-order valence-electron chi connectivity index (χ2n) is 4.14. The van der Waals surface area contributed by atoms with E-state index in [1.165, 1.54) is 18.4 Å². The predicted molar refractivity (Wildman–Crippen MR) is 86.0 cm³/mol.